The number of hydrogen-bond acceptors (Lipinski definition) is 4. The van der Waals surface area contributed by atoms with E-state index < -0.39 is 0 Å². The molecule has 2 aromatic heterocycles. The molecule has 3 heterocycles. The number of likely N-dealkylation sites (tertiary alicyclic amines) is 1. The first-order valence-corrected chi connectivity index (χ1v) is 9.57. The summed E-state index contributed by atoms with van der Waals surface area (Å²) in [6.07, 6.45) is 7.13. The summed E-state index contributed by atoms with van der Waals surface area (Å²) in [5.74, 6) is 0.914. The minimum Gasteiger partial charge on any atom is -0.497 e. The van der Waals surface area contributed by atoms with Crippen LogP contribution in [-0.4, -0.2) is 33.2 Å². The molecular formula is C23H22N4O. The quantitative estimate of drug-likeness (QED) is 0.524. The lowest BCUT2D eigenvalue weighted by molar-refractivity contribution is 0.0814. The lowest BCUT2D eigenvalue weighted by Gasteiger charge is -2.41. The third kappa shape index (κ3) is 3.04. The molecular weight excluding hydrogens is 348 g/mol. The molecule has 2 aromatic carbocycles. The van der Waals surface area contributed by atoms with Crippen LogP contribution in [0.4, 0.5) is 0 Å². The van der Waals surface area contributed by atoms with Crippen molar-refractivity contribution in [1.82, 2.24) is 19.5 Å². The van der Waals surface area contributed by atoms with Crippen LogP contribution in [0, 0.1) is 0 Å². The second-order valence-electron chi connectivity index (χ2n) is 7.21. The van der Waals surface area contributed by atoms with Crippen LogP contribution in [0.5, 0.6) is 5.75 Å². The number of nitrogens with zero attached hydrogens (tertiary/aromatic N) is 4. The zero-order chi connectivity index (χ0) is 18.9. The molecule has 0 bridgehead atoms. The fourth-order valence-electron chi connectivity index (χ4n) is 3.91. The summed E-state index contributed by atoms with van der Waals surface area (Å²) in [6, 6.07) is 19.1. The van der Waals surface area contributed by atoms with Crippen LogP contribution < -0.4 is 4.74 Å². The first kappa shape index (κ1) is 17.0. The number of methoxy groups -OCH3 is 1. The molecule has 0 unspecified atom stereocenters. The Balaban J connectivity index is 1.37. The molecule has 1 fully saturated rings. The highest BCUT2D eigenvalue weighted by atomic mass is 16.5. The standard InChI is InChI=1S/C23H22N4O/c1-28-20-9-5-8-19(12-20)22-10-11-26(22)15-17-13-24-23-21(14-25-27(23)16-17)18-6-3-2-4-7-18/h2-9,12-14,16,22H,10-11,15H2,1H3/t22-/m1/s1. The van der Waals surface area contributed by atoms with Crippen LogP contribution in [0.25, 0.3) is 16.8 Å². The van der Waals surface area contributed by atoms with Gasteiger partial charge in [-0.25, -0.2) is 9.50 Å². The van der Waals surface area contributed by atoms with Gasteiger partial charge in [-0.2, -0.15) is 5.10 Å². The average Bonchev–Trinajstić information content (AvgIpc) is 3.15. The van der Waals surface area contributed by atoms with Gasteiger partial charge in [-0.3, -0.25) is 4.90 Å². The van der Waals surface area contributed by atoms with Crippen molar-refractivity contribution < 1.29 is 4.74 Å². The molecule has 1 aliphatic rings. The van der Waals surface area contributed by atoms with E-state index in [-0.39, 0.29) is 0 Å². The van der Waals surface area contributed by atoms with Crippen molar-refractivity contribution in [3.8, 4) is 16.9 Å². The maximum atomic E-state index is 5.37. The van der Waals surface area contributed by atoms with E-state index >= 15 is 0 Å². The van der Waals surface area contributed by atoms with Crippen LogP contribution in [0.2, 0.25) is 0 Å². The maximum Gasteiger partial charge on any atom is 0.162 e. The Morgan fingerprint density at radius 1 is 1.07 bits per heavy atom. The van der Waals surface area contributed by atoms with Gasteiger partial charge in [-0.05, 0) is 29.7 Å². The highest BCUT2D eigenvalue weighted by Gasteiger charge is 2.29. The van der Waals surface area contributed by atoms with Gasteiger partial charge in [-0.1, -0.05) is 42.5 Å². The Labute approximate surface area is 164 Å². The molecule has 5 nitrogen and oxygen atoms in total. The molecule has 1 aliphatic heterocycles. The Morgan fingerprint density at radius 2 is 1.96 bits per heavy atom. The first-order valence-electron chi connectivity index (χ1n) is 9.57. The molecule has 0 amide bonds. The topological polar surface area (TPSA) is 42.7 Å². The fourth-order valence-corrected chi connectivity index (χ4v) is 3.91. The van der Waals surface area contributed by atoms with Gasteiger partial charge in [0.05, 0.1) is 13.3 Å². The van der Waals surface area contributed by atoms with Gasteiger partial charge < -0.3 is 4.74 Å². The monoisotopic (exact) mass is 370 g/mol. The molecule has 5 rings (SSSR count). The predicted octanol–water partition coefficient (Wildman–Crippen LogP) is 4.35. The van der Waals surface area contributed by atoms with E-state index in [0.717, 1.165) is 35.6 Å². The van der Waals surface area contributed by atoms with Crippen molar-refractivity contribution in [2.45, 2.75) is 19.0 Å². The van der Waals surface area contributed by atoms with Crippen molar-refractivity contribution >= 4 is 5.65 Å². The van der Waals surface area contributed by atoms with E-state index in [9.17, 15) is 0 Å². The van der Waals surface area contributed by atoms with E-state index in [4.69, 9.17) is 9.72 Å². The van der Waals surface area contributed by atoms with Gasteiger partial charge in [0.15, 0.2) is 5.65 Å². The third-order valence-corrected chi connectivity index (χ3v) is 5.49. The molecule has 0 radical (unpaired) electrons. The highest BCUT2D eigenvalue weighted by Crippen LogP contribution is 2.35. The molecule has 0 spiro atoms. The van der Waals surface area contributed by atoms with E-state index in [1.165, 1.54) is 17.5 Å². The van der Waals surface area contributed by atoms with E-state index in [0.29, 0.717) is 6.04 Å². The van der Waals surface area contributed by atoms with Crippen molar-refractivity contribution in [3.05, 3.63) is 84.3 Å². The number of rotatable bonds is 5. The molecule has 1 atom stereocenters. The van der Waals surface area contributed by atoms with Gasteiger partial charge >= 0.3 is 0 Å². The highest BCUT2D eigenvalue weighted by molar-refractivity contribution is 5.76. The average molecular weight is 370 g/mol. The molecule has 0 N–H and O–H groups in total. The molecule has 0 saturated carbocycles. The summed E-state index contributed by atoms with van der Waals surface area (Å²) in [6.45, 7) is 1.96. The second-order valence-corrected chi connectivity index (χ2v) is 7.21. The lowest BCUT2D eigenvalue weighted by atomic mass is 9.94. The summed E-state index contributed by atoms with van der Waals surface area (Å²) in [5, 5.41) is 4.53. The second kappa shape index (κ2) is 7.09. The van der Waals surface area contributed by atoms with Crippen molar-refractivity contribution in [2.24, 2.45) is 0 Å². The van der Waals surface area contributed by atoms with Crippen LogP contribution in [0.1, 0.15) is 23.6 Å². The van der Waals surface area contributed by atoms with Crippen LogP contribution >= 0.6 is 0 Å². The normalized spacial score (nSPS) is 16.8. The lowest BCUT2D eigenvalue weighted by Crippen LogP contribution is -2.40. The largest absolute Gasteiger partial charge is 0.497 e. The molecule has 5 heteroatoms. The number of fused-ring (bicyclic) bond motifs is 1. The Morgan fingerprint density at radius 3 is 2.75 bits per heavy atom. The van der Waals surface area contributed by atoms with Crippen molar-refractivity contribution in [1.29, 1.82) is 0 Å². The van der Waals surface area contributed by atoms with Crippen molar-refractivity contribution in [3.63, 3.8) is 0 Å². The fraction of sp³-hybridized carbons (Fsp3) is 0.217. The van der Waals surface area contributed by atoms with Gasteiger partial charge in [-0.15, -0.1) is 0 Å². The molecule has 0 aliphatic carbocycles. The summed E-state index contributed by atoms with van der Waals surface area (Å²) in [5.41, 5.74) is 5.57. The van der Waals surface area contributed by atoms with E-state index in [1.54, 1.807) is 7.11 Å². The SMILES string of the molecule is COc1cccc([C@H]2CCN2Cc2cnc3c(-c4ccccc4)cnn3c2)c1. The zero-order valence-corrected chi connectivity index (χ0v) is 15.8. The minimum atomic E-state index is 0.434. The molecule has 1 saturated heterocycles. The number of hydrogen-bond donors (Lipinski definition) is 0. The number of benzene rings is 2. The molecule has 28 heavy (non-hydrogen) atoms. The van der Waals surface area contributed by atoms with E-state index in [1.807, 2.05) is 41.2 Å². The smallest absolute Gasteiger partial charge is 0.162 e. The summed E-state index contributed by atoms with van der Waals surface area (Å²) in [7, 11) is 1.71. The molecule has 140 valence electrons. The predicted molar refractivity (Wildman–Crippen MR) is 109 cm³/mol. The maximum absolute atomic E-state index is 5.37. The molecule has 4 aromatic rings. The first-order chi connectivity index (χ1) is 13.8. The summed E-state index contributed by atoms with van der Waals surface area (Å²) < 4.78 is 7.26. The summed E-state index contributed by atoms with van der Waals surface area (Å²) >= 11 is 0. The number of ether oxygens (including phenoxy) is 1. The Bertz CT molecular complexity index is 1110. The van der Waals surface area contributed by atoms with E-state index in [2.05, 4.69) is 46.5 Å². The van der Waals surface area contributed by atoms with Crippen molar-refractivity contribution in [2.75, 3.05) is 13.7 Å². The summed E-state index contributed by atoms with van der Waals surface area (Å²) in [4.78, 5) is 7.18. The Kier molecular flexibility index (Phi) is 4.29. The van der Waals surface area contributed by atoms with Crippen LogP contribution in [0.3, 0.4) is 0 Å². The van der Waals surface area contributed by atoms with Gasteiger partial charge in [0.25, 0.3) is 0 Å². The Hall–Kier alpha value is -3.18. The third-order valence-electron chi connectivity index (χ3n) is 5.49. The van der Waals surface area contributed by atoms with Crippen LogP contribution in [0.15, 0.2) is 73.2 Å². The van der Waals surface area contributed by atoms with Crippen LogP contribution in [-0.2, 0) is 6.54 Å². The minimum absolute atomic E-state index is 0.434. The van der Waals surface area contributed by atoms with Gasteiger partial charge in [0.1, 0.15) is 5.75 Å². The van der Waals surface area contributed by atoms with Gasteiger partial charge in [0, 0.05) is 42.7 Å². The number of aromatic nitrogens is 3. The zero-order valence-electron chi connectivity index (χ0n) is 15.8. The van der Waals surface area contributed by atoms with Gasteiger partial charge in [0.2, 0.25) is 0 Å².